The molecule has 0 heterocycles. The third-order valence-corrected chi connectivity index (χ3v) is 6.26. The van der Waals surface area contributed by atoms with Crippen LogP contribution in [0, 0.1) is 0 Å². The van der Waals surface area contributed by atoms with Crippen molar-refractivity contribution >= 4 is 15.9 Å². The van der Waals surface area contributed by atoms with Gasteiger partial charge in [-0.15, -0.1) is 0 Å². The molecule has 0 bridgehead atoms. The minimum atomic E-state index is -4.46. The van der Waals surface area contributed by atoms with Crippen molar-refractivity contribution in [2.24, 2.45) is 0 Å². The molecule has 9 heteroatoms. The van der Waals surface area contributed by atoms with Crippen molar-refractivity contribution in [2.75, 3.05) is 13.1 Å². The van der Waals surface area contributed by atoms with Crippen LogP contribution < -0.4 is 5.32 Å². The Hall–Kier alpha value is -2.39. The quantitative estimate of drug-likeness (QED) is 0.752. The van der Waals surface area contributed by atoms with Crippen molar-refractivity contribution in [3.63, 3.8) is 0 Å². The lowest BCUT2D eigenvalue weighted by atomic mass is 10.1. The molecular weight excluding hydrogens is 393 g/mol. The van der Waals surface area contributed by atoms with Gasteiger partial charge in [-0.2, -0.15) is 17.5 Å². The summed E-state index contributed by atoms with van der Waals surface area (Å²) in [4.78, 5) is 12.2. The normalized spacial score (nSPS) is 12.2. The van der Waals surface area contributed by atoms with E-state index in [0.29, 0.717) is 18.7 Å². The van der Waals surface area contributed by atoms with E-state index >= 15 is 0 Å². The van der Waals surface area contributed by atoms with E-state index in [4.69, 9.17) is 0 Å². The number of alkyl halides is 3. The first kappa shape index (κ1) is 21.9. The fourth-order valence-corrected chi connectivity index (χ4v) is 4.04. The number of halogens is 3. The van der Waals surface area contributed by atoms with Crippen molar-refractivity contribution in [1.82, 2.24) is 9.62 Å². The van der Waals surface area contributed by atoms with Gasteiger partial charge in [-0.1, -0.05) is 26.0 Å². The van der Waals surface area contributed by atoms with E-state index in [1.54, 1.807) is 26.0 Å². The van der Waals surface area contributed by atoms with E-state index in [1.165, 1.54) is 16.4 Å². The van der Waals surface area contributed by atoms with Gasteiger partial charge in [-0.05, 0) is 42.0 Å². The predicted molar refractivity (Wildman–Crippen MR) is 99.2 cm³/mol. The number of carbonyl (C=O) groups is 1. The lowest BCUT2D eigenvalue weighted by molar-refractivity contribution is -0.137. The number of amides is 1. The zero-order valence-electron chi connectivity index (χ0n) is 15.5. The van der Waals surface area contributed by atoms with Gasteiger partial charge in [-0.25, -0.2) is 8.42 Å². The summed E-state index contributed by atoms with van der Waals surface area (Å²) in [6, 6.07) is 10.0. The minimum Gasteiger partial charge on any atom is -0.348 e. The van der Waals surface area contributed by atoms with E-state index in [2.05, 4.69) is 5.32 Å². The van der Waals surface area contributed by atoms with Crippen LogP contribution in [0.2, 0.25) is 0 Å². The molecule has 0 atom stereocenters. The largest absolute Gasteiger partial charge is 0.416 e. The number of sulfonamides is 1. The number of hydrogen-bond acceptors (Lipinski definition) is 3. The van der Waals surface area contributed by atoms with Gasteiger partial charge in [0.1, 0.15) is 0 Å². The number of nitrogens with one attached hydrogen (secondary N) is 1. The van der Waals surface area contributed by atoms with Gasteiger partial charge in [0.25, 0.3) is 5.91 Å². The van der Waals surface area contributed by atoms with Crippen molar-refractivity contribution in [1.29, 1.82) is 0 Å². The lowest BCUT2D eigenvalue weighted by Crippen LogP contribution is -2.30. The fourth-order valence-electron chi connectivity index (χ4n) is 2.59. The SMILES string of the molecule is CCN(CC)S(=O)(=O)c1ccc(CNC(=O)c2ccc(C(F)(F)F)cc2)cc1. The van der Waals surface area contributed by atoms with Crippen LogP contribution in [0.1, 0.15) is 35.3 Å². The molecule has 5 nitrogen and oxygen atoms in total. The first-order valence-corrected chi connectivity index (χ1v) is 10.1. The van der Waals surface area contributed by atoms with Gasteiger partial charge in [0.15, 0.2) is 0 Å². The van der Waals surface area contributed by atoms with Gasteiger partial charge >= 0.3 is 6.18 Å². The third kappa shape index (κ3) is 5.11. The van der Waals surface area contributed by atoms with Gasteiger partial charge in [0.2, 0.25) is 10.0 Å². The maximum atomic E-state index is 12.6. The van der Waals surface area contributed by atoms with Gasteiger partial charge < -0.3 is 5.32 Å². The molecule has 0 saturated carbocycles. The van der Waals surface area contributed by atoms with Crippen LogP contribution >= 0.6 is 0 Å². The molecule has 2 aromatic rings. The second-order valence-electron chi connectivity index (χ2n) is 5.99. The molecular formula is C19H21F3N2O3S. The minimum absolute atomic E-state index is 0.105. The molecule has 0 aliphatic carbocycles. The molecule has 152 valence electrons. The van der Waals surface area contributed by atoms with E-state index in [-0.39, 0.29) is 17.0 Å². The smallest absolute Gasteiger partial charge is 0.348 e. The Morgan fingerprint density at radius 3 is 1.96 bits per heavy atom. The highest BCUT2D eigenvalue weighted by molar-refractivity contribution is 7.89. The first-order valence-electron chi connectivity index (χ1n) is 8.64. The molecule has 0 unspecified atom stereocenters. The Balaban J connectivity index is 2.02. The van der Waals surface area contributed by atoms with Crippen molar-refractivity contribution < 1.29 is 26.4 Å². The van der Waals surface area contributed by atoms with Crippen LogP contribution in [-0.2, 0) is 22.7 Å². The highest BCUT2D eigenvalue weighted by Gasteiger charge is 2.30. The maximum absolute atomic E-state index is 12.6. The average molecular weight is 414 g/mol. The fraction of sp³-hybridized carbons (Fsp3) is 0.316. The molecule has 0 radical (unpaired) electrons. The summed E-state index contributed by atoms with van der Waals surface area (Å²) < 4.78 is 63.9. The topological polar surface area (TPSA) is 66.5 Å². The van der Waals surface area contributed by atoms with Crippen LogP contribution in [0.3, 0.4) is 0 Å². The number of benzene rings is 2. The Morgan fingerprint density at radius 1 is 0.964 bits per heavy atom. The van der Waals surface area contributed by atoms with Crippen molar-refractivity contribution in [3.8, 4) is 0 Å². The van der Waals surface area contributed by atoms with Crippen LogP contribution in [0.25, 0.3) is 0 Å². The van der Waals surface area contributed by atoms with Crippen molar-refractivity contribution in [2.45, 2.75) is 31.5 Å². The summed E-state index contributed by atoms with van der Waals surface area (Å²) in [6.07, 6.45) is -4.46. The summed E-state index contributed by atoms with van der Waals surface area (Å²) in [5, 5.41) is 2.60. The summed E-state index contributed by atoms with van der Waals surface area (Å²) >= 11 is 0. The van der Waals surface area contributed by atoms with Crippen LogP contribution in [-0.4, -0.2) is 31.7 Å². The zero-order valence-corrected chi connectivity index (χ0v) is 16.3. The Labute approximate surface area is 162 Å². The molecule has 0 aromatic heterocycles. The number of nitrogens with zero attached hydrogens (tertiary/aromatic N) is 1. The molecule has 0 saturated heterocycles. The van der Waals surface area contributed by atoms with E-state index in [1.807, 2.05) is 0 Å². The highest BCUT2D eigenvalue weighted by Crippen LogP contribution is 2.29. The number of rotatable bonds is 7. The average Bonchev–Trinajstić information content (AvgIpc) is 2.66. The predicted octanol–water partition coefficient (Wildman–Crippen LogP) is 3.67. The lowest BCUT2D eigenvalue weighted by Gasteiger charge is -2.18. The van der Waals surface area contributed by atoms with Gasteiger partial charge in [0.05, 0.1) is 10.5 Å². The number of hydrogen-bond donors (Lipinski definition) is 1. The van der Waals surface area contributed by atoms with E-state index in [0.717, 1.165) is 24.3 Å². The Morgan fingerprint density at radius 2 is 1.50 bits per heavy atom. The molecule has 0 aliphatic heterocycles. The zero-order chi connectivity index (χ0) is 20.9. The second-order valence-corrected chi connectivity index (χ2v) is 7.93. The van der Waals surface area contributed by atoms with Gasteiger partial charge in [-0.3, -0.25) is 4.79 Å². The van der Waals surface area contributed by atoms with Crippen LogP contribution in [0.4, 0.5) is 13.2 Å². The summed E-state index contributed by atoms with van der Waals surface area (Å²) in [5.74, 6) is -0.520. The third-order valence-electron chi connectivity index (χ3n) is 4.19. The summed E-state index contributed by atoms with van der Waals surface area (Å²) in [6.45, 7) is 4.36. The van der Waals surface area contributed by atoms with E-state index < -0.39 is 27.7 Å². The van der Waals surface area contributed by atoms with Crippen LogP contribution in [0.5, 0.6) is 0 Å². The molecule has 0 spiro atoms. The summed E-state index contributed by atoms with van der Waals surface area (Å²) in [7, 11) is -3.55. The van der Waals surface area contributed by atoms with Crippen molar-refractivity contribution in [3.05, 3.63) is 65.2 Å². The van der Waals surface area contributed by atoms with E-state index in [9.17, 15) is 26.4 Å². The first-order chi connectivity index (χ1) is 13.1. The highest BCUT2D eigenvalue weighted by atomic mass is 32.2. The van der Waals surface area contributed by atoms with Gasteiger partial charge in [0, 0.05) is 25.2 Å². The Kier molecular flexibility index (Phi) is 6.84. The molecule has 1 N–H and O–H groups in total. The molecule has 2 aromatic carbocycles. The second kappa shape index (κ2) is 8.74. The molecule has 28 heavy (non-hydrogen) atoms. The molecule has 1 amide bonds. The van der Waals surface area contributed by atoms with Crippen LogP contribution in [0.15, 0.2) is 53.4 Å². The summed E-state index contributed by atoms with van der Waals surface area (Å²) in [5.41, 5.74) is -0.0541. The molecule has 2 rings (SSSR count). The standard InChI is InChI=1S/C19H21F3N2O3S/c1-3-24(4-2)28(26,27)17-11-5-14(6-12-17)13-23-18(25)15-7-9-16(10-8-15)19(20,21)22/h5-12H,3-4,13H2,1-2H3,(H,23,25). The monoisotopic (exact) mass is 414 g/mol. The maximum Gasteiger partial charge on any atom is 0.416 e. The number of carbonyl (C=O) groups excluding carboxylic acids is 1. The molecule has 0 aliphatic rings. The molecule has 0 fully saturated rings. The Bertz CT molecular complexity index is 905.